The van der Waals surface area contributed by atoms with Gasteiger partial charge in [-0.05, 0) is 25.3 Å². The highest BCUT2D eigenvalue weighted by molar-refractivity contribution is 5.25. The average molecular weight is 272 g/mol. The number of aromatic nitrogens is 3. The van der Waals surface area contributed by atoms with Crippen molar-refractivity contribution >= 4 is 0 Å². The minimum atomic E-state index is 0.375. The van der Waals surface area contributed by atoms with E-state index in [1.165, 1.54) is 17.7 Å². The van der Waals surface area contributed by atoms with Crippen molar-refractivity contribution in [3.05, 3.63) is 41.3 Å². The van der Waals surface area contributed by atoms with Crippen LogP contribution in [0.1, 0.15) is 35.8 Å². The molecule has 0 aromatic carbocycles. The molecule has 0 amide bonds. The number of aryl methyl sites for hydroxylation is 1. The van der Waals surface area contributed by atoms with Crippen LogP contribution < -0.4 is 10.1 Å². The van der Waals surface area contributed by atoms with E-state index in [-0.39, 0.29) is 0 Å². The van der Waals surface area contributed by atoms with Crippen LogP contribution in [0.2, 0.25) is 0 Å². The molecule has 5 nitrogen and oxygen atoms in total. The largest absolute Gasteiger partial charge is 0.481 e. The molecule has 1 atom stereocenters. The summed E-state index contributed by atoms with van der Waals surface area (Å²) in [6.07, 6.45) is 5.48. The predicted molar refractivity (Wildman–Crippen MR) is 76.5 cm³/mol. The molecule has 0 fully saturated rings. The van der Waals surface area contributed by atoms with Crippen LogP contribution in [0.4, 0.5) is 0 Å². The van der Waals surface area contributed by atoms with Crippen molar-refractivity contribution in [2.24, 2.45) is 7.05 Å². The van der Waals surface area contributed by atoms with Crippen LogP contribution in [0.3, 0.4) is 0 Å². The van der Waals surface area contributed by atoms with Gasteiger partial charge in [0.1, 0.15) is 0 Å². The van der Waals surface area contributed by atoms with Crippen LogP contribution in [0.5, 0.6) is 5.88 Å². The maximum atomic E-state index is 5.15. The first-order chi connectivity index (χ1) is 9.78. The molecule has 1 aliphatic carbocycles. The Bertz CT molecular complexity index is 593. The smallest absolute Gasteiger partial charge is 0.213 e. The Kier molecular flexibility index (Phi) is 3.69. The van der Waals surface area contributed by atoms with Crippen molar-refractivity contribution < 1.29 is 4.74 Å². The first-order valence-corrected chi connectivity index (χ1v) is 7.02. The molecule has 1 aliphatic rings. The molecule has 0 spiro atoms. The van der Waals surface area contributed by atoms with Crippen molar-refractivity contribution in [3.8, 4) is 5.88 Å². The number of ether oxygens (including phenoxy) is 1. The van der Waals surface area contributed by atoms with E-state index in [0.717, 1.165) is 25.1 Å². The van der Waals surface area contributed by atoms with E-state index in [0.29, 0.717) is 11.9 Å². The van der Waals surface area contributed by atoms with Gasteiger partial charge >= 0.3 is 0 Å². The number of hydrogen-bond acceptors (Lipinski definition) is 4. The quantitative estimate of drug-likeness (QED) is 0.925. The summed E-state index contributed by atoms with van der Waals surface area (Å²) in [7, 11) is 3.66. The molecule has 1 N–H and O–H groups in total. The maximum absolute atomic E-state index is 5.15. The minimum Gasteiger partial charge on any atom is -0.481 e. The molecule has 3 rings (SSSR count). The predicted octanol–water partition coefficient (Wildman–Crippen LogP) is 1.99. The number of rotatable bonds is 4. The van der Waals surface area contributed by atoms with E-state index in [1.807, 2.05) is 36.1 Å². The van der Waals surface area contributed by atoms with E-state index >= 15 is 0 Å². The van der Waals surface area contributed by atoms with Crippen LogP contribution in [-0.4, -0.2) is 21.9 Å². The molecule has 106 valence electrons. The zero-order chi connectivity index (χ0) is 13.9. The second-order valence-corrected chi connectivity index (χ2v) is 5.17. The lowest BCUT2D eigenvalue weighted by Crippen LogP contribution is -2.25. The first-order valence-electron chi connectivity index (χ1n) is 7.02. The first kappa shape index (κ1) is 13.1. The Hall–Kier alpha value is -1.88. The summed E-state index contributed by atoms with van der Waals surface area (Å²) >= 11 is 0. The zero-order valence-electron chi connectivity index (χ0n) is 12.0. The molecule has 20 heavy (non-hydrogen) atoms. The van der Waals surface area contributed by atoms with Gasteiger partial charge in [-0.25, -0.2) is 4.98 Å². The summed E-state index contributed by atoms with van der Waals surface area (Å²) in [5.41, 5.74) is 3.69. The van der Waals surface area contributed by atoms with Gasteiger partial charge in [-0.3, -0.25) is 4.68 Å². The SMILES string of the molecule is COc1cccc(CNC2CCCc3c2cnn3C)n1. The number of nitrogens with zero attached hydrogens (tertiary/aromatic N) is 3. The summed E-state index contributed by atoms with van der Waals surface area (Å²) in [6, 6.07) is 6.23. The van der Waals surface area contributed by atoms with Crippen molar-refractivity contribution in [2.75, 3.05) is 7.11 Å². The molecule has 2 aromatic heterocycles. The van der Waals surface area contributed by atoms with E-state index in [1.54, 1.807) is 7.11 Å². The summed E-state index contributed by atoms with van der Waals surface area (Å²) in [6.45, 7) is 0.746. The highest BCUT2D eigenvalue weighted by Crippen LogP contribution is 2.29. The highest BCUT2D eigenvalue weighted by atomic mass is 16.5. The van der Waals surface area contributed by atoms with Gasteiger partial charge in [0, 0.05) is 37.0 Å². The van der Waals surface area contributed by atoms with Crippen molar-refractivity contribution in [1.29, 1.82) is 0 Å². The summed E-state index contributed by atoms with van der Waals surface area (Å²) < 4.78 is 7.15. The molecule has 0 bridgehead atoms. The molecule has 0 saturated heterocycles. The molecular formula is C15H20N4O. The van der Waals surface area contributed by atoms with E-state index in [4.69, 9.17) is 4.74 Å². The lowest BCUT2D eigenvalue weighted by molar-refractivity contribution is 0.393. The van der Waals surface area contributed by atoms with Crippen molar-refractivity contribution in [1.82, 2.24) is 20.1 Å². The Morgan fingerprint density at radius 1 is 1.45 bits per heavy atom. The third-order valence-electron chi connectivity index (χ3n) is 3.90. The summed E-state index contributed by atoms with van der Waals surface area (Å²) in [5.74, 6) is 0.662. The number of fused-ring (bicyclic) bond motifs is 1. The number of hydrogen-bond donors (Lipinski definition) is 1. The maximum Gasteiger partial charge on any atom is 0.213 e. The molecule has 0 saturated carbocycles. The van der Waals surface area contributed by atoms with Gasteiger partial charge in [-0.15, -0.1) is 0 Å². The van der Waals surface area contributed by atoms with Gasteiger partial charge in [0.2, 0.25) is 5.88 Å². The topological polar surface area (TPSA) is 52.0 Å². The lowest BCUT2D eigenvalue weighted by atomic mass is 9.93. The Morgan fingerprint density at radius 2 is 2.35 bits per heavy atom. The number of methoxy groups -OCH3 is 1. The van der Waals surface area contributed by atoms with Crippen LogP contribution >= 0.6 is 0 Å². The van der Waals surface area contributed by atoms with Gasteiger partial charge in [-0.1, -0.05) is 6.07 Å². The van der Waals surface area contributed by atoms with Crippen LogP contribution in [0.15, 0.2) is 24.4 Å². The Labute approximate surface area is 119 Å². The van der Waals surface area contributed by atoms with Crippen LogP contribution in [0, 0.1) is 0 Å². The van der Waals surface area contributed by atoms with Gasteiger partial charge in [-0.2, -0.15) is 5.10 Å². The van der Waals surface area contributed by atoms with E-state index in [9.17, 15) is 0 Å². The third kappa shape index (κ3) is 2.54. The molecule has 2 aromatic rings. The van der Waals surface area contributed by atoms with Gasteiger partial charge < -0.3 is 10.1 Å². The second kappa shape index (κ2) is 5.63. The second-order valence-electron chi connectivity index (χ2n) is 5.17. The zero-order valence-corrected chi connectivity index (χ0v) is 12.0. The Balaban J connectivity index is 1.70. The molecule has 2 heterocycles. The standard InChI is InChI=1S/C15H20N4O/c1-19-14-7-4-6-13(12(14)10-17-19)16-9-11-5-3-8-15(18-11)20-2/h3,5,8,10,13,16H,4,6-7,9H2,1-2H3. The highest BCUT2D eigenvalue weighted by Gasteiger charge is 2.22. The van der Waals surface area contributed by atoms with E-state index < -0.39 is 0 Å². The monoisotopic (exact) mass is 272 g/mol. The van der Waals surface area contributed by atoms with Crippen molar-refractivity contribution in [3.63, 3.8) is 0 Å². The average Bonchev–Trinajstić information content (AvgIpc) is 2.88. The van der Waals surface area contributed by atoms with Crippen molar-refractivity contribution in [2.45, 2.75) is 31.8 Å². The van der Waals surface area contributed by atoms with Gasteiger partial charge in [0.05, 0.1) is 19.0 Å². The molecule has 0 radical (unpaired) electrons. The Morgan fingerprint density at radius 3 is 3.20 bits per heavy atom. The van der Waals surface area contributed by atoms with Crippen LogP contribution in [-0.2, 0) is 20.0 Å². The fourth-order valence-corrected chi connectivity index (χ4v) is 2.82. The number of pyridine rings is 1. The fourth-order valence-electron chi connectivity index (χ4n) is 2.82. The molecule has 1 unspecified atom stereocenters. The van der Waals surface area contributed by atoms with Gasteiger partial charge in [0.15, 0.2) is 0 Å². The van der Waals surface area contributed by atoms with Crippen LogP contribution in [0.25, 0.3) is 0 Å². The third-order valence-corrected chi connectivity index (χ3v) is 3.90. The summed E-state index contributed by atoms with van der Waals surface area (Å²) in [5, 5.41) is 7.96. The molecular weight excluding hydrogens is 252 g/mol. The fraction of sp³-hybridized carbons (Fsp3) is 0.467. The summed E-state index contributed by atoms with van der Waals surface area (Å²) in [4.78, 5) is 4.43. The molecule has 0 aliphatic heterocycles. The normalized spacial score (nSPS) is 17.8. The van der Waals surface area contributed by atoms with E-state index in [2.05, 4.69) is 15.4 Å². The molecule has 5 heteroatoms. The lowest BCUT2D eigenvalue weighted by Gasteiger charge is -2.23. The number of nitrogens with one attached hydrogen (secondary N) is 1. The minimum absolute atomic E-state index is 0.375. The van der Waals surface area contributed by atoms with Gasteiger partial charge in [0.25, 0.3) is 0 Å².